The predicted octanol–water partition coefficient (Wildman–Crippen LogP) is 3.01. The van der Waals surface area contributed by atoms with E-state index in [9.17, 15) is 14.9 Å². The van der Waals surface area contributed by atoms with Gasteiger partial charge in [-0.05, 0) is 30.3 Å². The number of hydrogen-bond donors (Lipinski definition) is 0. The van der Waals surface area contributed by atoms with Gasteiger partial charge in [-0.15, -0.1) is 0 Å². The van der Waals surface area contributed by atoms with Crippen LogP contribution in [0.25, 0.3) is 10.2 Å². The molecule has 0 atom stereocenters. The third kappa shape index (κ3) is 4.04. The number of aromatic nitrogens is 1. The van der Waals surface area contributed by atoms with Crippen LogP contribution in [0.1, 0.15) is 10.4 Å². The van der Waals surface area contributed by atoms with E-state index in [1.807, 2.05) is 0 Å². The van der Waals surface area contributed by atoms with Gasteiger partial charge in [-0.25, -0.2) is 0 Å². The second-order valence-electron chi connectivity index (χ2n) is 5.58. The second-order valence-corrected chi connectivity index (χ2v) is 6.59. The Kier molecular flexibility index (Phi) is 5.63. The number of benzene rings is 2. The maximum absolute atomic E-state index is 12.5. The zero-order chi connectivity index (χ0) is 19.4. The fraction of sp³-hybridized carbons (Fsp3) is 0.222. The Balaban J connectivity index is 2.08. The van der Waals surface area contributed by atoms with Crippen LogP contribution in [0.5, 0.6) is 5.75 Å². The fourth-order valence-corrected chi connectivity index (χ4v) is 3.57. The molecule has 140 valence electrons. The summed E-state index contributed by atoms with van der Waals surface area (Å²) in [5, 5.41) is 11.1. The number of carbonyl (C=O) groups excluding carboxylic acids is 1. The molecule has 1 amide bonds. The molecule has 0 bridgehead atoms. The largest absolute Gasteiger partial charge is 0.497 e. The Labute approximate surface area is 158 Å². The van der Waals surface area contributed by atoms with Crippen molar-refractivity contribution in [2.75, 3.05) is 20.8 Å². The Bertz CT molecular complexity index is 1050. The van der Waals surface area contributed by atoms with E-state index in [1.54, 1.807) is 49.1 Å². The summed E-state index contributed by atoms with van der Waals surface area (Å²) in [7, 11) is 3.12. The molecule has 9 heteroatoms. The number of fused-ring (bicyclic) bond motifs is 1. The number of nitrogens with zero attached hydrogens (tertiary/aromatic N) is 3. The van der Waals surface area contributed by atoms with Gasteiger partial charge < -0.3 is 14.0 Å². The first-order valence-corrected chi connectivity index (χ1v) is 8.85. The van der Waals surface area contributed by atoms with Gasteiger partial charge in [-0.2, -0.15) is 4.99 Å². The number of ether oxygens (including phenoxy) is 2. The van der Waals surface area contributed by atoms with E-state index in [0.717, 1.165) is 4.70 Å². The molecule has 27 heavy (non-hydrogen) atoms. The van der Waals surface area contributed by atoms with Crippen LogP contribution in [0.15, 0.2) is 47.5 Å². The molecule has 3 rings (SSSR count). The van der Waals surface area contributed by atoms with Crippen LogP contribution in [0, 0.1) is 10.1 Å². The number of thiazole rings is 1. The molecule has 0 saturated carbocycles. The van der Waals surface area contributed by atoms with Gasteiger partial charge in [0.05, 0.1) is 28.9 Å². The minimum Gasteiger partial charge on any atom is -0.497 e. The van der Waals surface area contributed by atoms with Gasteiger partial charge in [0.2, 0.25) is 0 Å². The Morgan fingerprint density at radius 1 is 1.22 bits per heavy atom. The first-order chi connectivity index (χ1) is 13.0. The van der Waals surface area contributed by atoms with E-state index in [1.165, 1.54) is 23.5 Å². The van der Waals surface area contributed by atoms with E-state index < -0.39 is 10.8 Å². The second kappa shape index (κ2) is 8.11. The molecule has 0 N–H and O–H groups in total. The van der Waals surface area contributed by atoms with Crippen LogP contribution in [0.2, 0.25) is 0 Å². The van der Waals surface area contributed by atoms with Gasteiger partial charge in [0, 0.05) is 31.4 Å². The summed E-state index contributed by atoms with van der Waals surface area (Å²) in [6.45, 7) is 0.810. The molecule has 0 fully saturated rings. The number of amides is 1. The lowest BCUT2D eigenvalue weighted by molar-refractivity contribution is -0.384. The van der Waals surface area contributed by atoms with Crippen LogP contribution >= 0.6 is 11.3 Å². The lowest BCUT2D eigenvalue weighted by Crippen LogP contribution is -2.19. The third-order valence-electron chi connectivity index (χ3n) is 3.93. The average Bonchev–Trinajstić information content (AvgIpc) is 3.02. The molecule has 0 unspecified atom stereocenters. The lowest BCUT2D eigenvalue weighted by Gasteiger charge is -2.04. The normalized spacial score (nSPS) is 11.7. The van der Waals surface area contributed by atoms with E-state index in [2.05, 4.69) is 4.99 Å². The summed E-state index contributed by atoms with van der Waals surface area (Å²) < 4.78 is 12.8. The van der Waals surface area contributed by atoms with Gasteiger partial charge >= 0.3 is 0 Å². The van der Waals surface area contributed by atoms with Crippen LogP contribution in [0.4, 0.5) is 5.69 Å². The molecule has 1 heterocycles. The number of nitro benzene ring substituents is 1. The Hall–Kier alpha value is -3.04. The summed E-state index contributed by atoms with van der Waals surface area (Å²) in [5.74, 6) is 0.251. The van der Waals surface area contributed by atoms with Gasteiger partial charge in [-0.3, -0.25) is 14.9 Å². The zero-order valence-corrected chi connectivity index (χ0v) is 15.6. The quantitative estimate of drug-likeness (QED) is 0.478. The highest BCUT2D eigenvalue weighted by molar-refractivity contribution is 7.16. The fourth-order valence-electron chi connectivity index (χ4n) is 2.54. The minimum absolute atomic E-state index is 0.0144. The topological polar surface area (TPSA) is 96.0 Å². The van der Waals surface area contributed by atoms with E-state index in [-0.39, 0.29) is 5.69 Å². The van der Waals surface area contributed by atoms with Crippen molar-refractivity contribution in [1.82, 2.24) is 4.57 Å². The molecule has 0 radical (unpaired) electrons. The molecule has 0 spiro atoms. The van der Waals surface area contributed by atoms with Crippen molar-refractivity contribution in [2.24, 2.45) is 4.99 Å². The first kappa shape index (κ1) is 18.7. The highest BCUT2D eigenvalue weighted by atomic mass is 32.1. The summed E-state index contributed by atoms with van der Waals surface area (Å²) in [4.78, 5) is 27.9. The number of nitro groups is 1. The van der Waals surface area contributed by atoms with E-state index in [4.69, 9.17) is 9.47 Å². The lowest BCUT2D eigenvalue weighted by atomic mass is 10.2. The van der Waals surface area contributed by atoms with Crippen molar-refractivity contribution in [1.29, 1.82) is 0 Å². The summed E-state index contributed by atoms with van der Waals surface area (Å²) in [6.07, 6.45) is 0. The van der Waals surface area contributed by atoms with Crippen molar-refractivity contribution in [2.45, 2.75) is 6.54 Å². The highest BCUT2D eigenvalue weighted by Crippen LogP contribution is 2.23. The zero-order valence-electron chi connectivity index (χ0n) is 14.7. The summed E-state index contributed by atoms with van der Waals surface area (Å²) >= 11 is 1.30. The van der Waals surface area contributed by atoms with Crippen LogP contribution in [-0.2, 0) is 11.3 Å². The summed E-state index contributed by atoms with van der Waals surface area (Å²) in [6, 6.07) is 11.3. The first-order valence-electron chi connectivity index (χ1n) is 8.03. The molecule has 2 aromatic carbocycles. The molecular weight excluding hydrogens is 370 g/mol. The Morgan fingerprint density at radius 3 is 2.59 bits per heavy atom. The molecule has 0 saturated heterocycles. The number of hydrogen-bond acceptors (Lipinski definition) is 6. The molecule has 3 aromatic rings. The maximum Gasteiger partial charge on any atom is 0.279 e. The predicted molar refractivity (Wildman–Crippen MR) is 101 cm³/mol. The van der Waals surface area contributed by atoms with Gasteiger partial charge in [0.1, 0.15) is 5.75 Å². The third-order valence-corrected chi connectivity index (χ3v) is 4.99. The standard InChI is InChI=1S/C18H17N3O5S/c1-25-10-9-20-15-11-13(21(23)24)5-8-16(15)27-18(20)19-17(22)12-3-6-14(26-2)7-4-12/h3-8,11H,9-10H2,1-2H3. The van der Waals surface area contributed by atoms with Crippen LogP contribution < -0.4 is 9.54 Å². The maximum atomic E-state index is 12.5. The van der Waals surface area contributed by atoms with Crippen molar-refractivity contribution in [3.63, 3.8) is 0 Å². The molecule has 1 aromatic heterocycles. The molecule has 8 nitrogen and oxygen atoms in total. The monoisotopic (exact) mass is 387 g/mol. The smallest absolute Gasteiger partial charge is 0.279 e. The van der Waals surface area contributed by atoms with Crippen molar-refractivity contribution < 1.29 is 19.2 Å². The number of non-ortho nitro benzene ring substituents is 1. The molecular formula is C18H17N3O5S. The molecule has 0 aliphatic heterocycles. The summed E-state index contributed by atoms with van der Waals surface area (Å²) in [5.41, 5.74) is 1.06. The SMILES string of the molecule is COCCn1c(=NC(=O)c2ccc(OC)cc2)sc2ccc([N+](=O)[O-])cc21. The highest BCUT2D eigenvalue weighted by Gasteiger charge is 2.13. The van der Waals surface area contributed by atoms with E-state index >= 15 is 0 Å². The van der Waals surface area contributed by atoms with Crippen LogP contribution in [-0.4, -0.2) is 36.2 Å². The van der Waals surface area contributed by atoms with Crippen LogP contribution in [0.3, 0.4) is 0 Å². The number of methoxy groups -OCH3 is 2. The van der Waals surface area contributed by atoms with Gasteiger partial charge in [0.15, 0.2) is 4.80 Å². The molecule has 0 aliphatic carbocycles. The van der Waals surface area contributed by atoms with E-state index in [0.29, 0.717) is 34.8 Å². The van der Waals surface area contributed by atoms with Crippen molar-refractivity contribution >= 4 is 33.1 Å². The minimum atomic E-state index is -0.447. The average molecular weight is 387 g/mol. The van der Waals surface area contributed by atoms with Gasteiger partial charge in [-0.1, -0.05) is 11.3 Å². The van der Waals surface area contributed by atoms with Crippen molar-refractivity contribution in [3.05, 3.63) is 62.9 Å². The van der Waals surface area contributed by atoms with Crippen molar-refractivity contribution in [3.8, 4) is 5.75 Å². The number of carbonyl (C=O) groups is 1. The molecule has 0 aliphatic rings. The Morgan fingerprint density at radius 2 is 1.96 bits per heavy atom. The number of rotatable bonds is 6. The van der Waals surface area contributed by atoms with Gasteiger partial charge in [0.25, 0.3) is 11.6 Å².